The summed E-state index contributed by atoms with van der Waals surface area (Å²) in [7, 11) is 0. The van der Waals surface area contributed by atoms with Crippen molar-refractivity contribution in [1.29, 1.82) is 0 Å². The molecule has 3 aromatic heterocycles. The van der Waals surface area contributed by atoms with Crippen molar-refractivity contribution in [2.24, 2.45) is 0 Å². The summed E-state index contributed by atoms with van der Waals surface area (Å²) in [4.78, 5) is 13.4. The van der Waals surface area contributed by atoms with Gasteiger partial charge in [-0.1, -0.05) is 0 Å². The molecule has 1 aliphatic heterocycles. The molecule has 5 rings (SSSR count). The zero-order valence-corrected chi connectivity index (χ0v) is 15.2. The molecule has 0 atom stereocenters. The highest BCUT2D eigenvalue weighted by atomic mass is 15.3. The standard InChI is InChI=1S/C19H22N8/c1-2-5-16-15(4-1)12-19(24-23-16)26-10-8-25(9-11-26)17-13-18(21-14-20-17)27-7-3-6-22-27/h3,6-7,12-14H,1-2,4-5,8-11H2. The van der Waals surface area contributed by atoms with Crippen LogP contribution in [0.3, 0.4) is 0 Å². The fourth-order valence-corrected chi connectivity index (χ4v) is 3.84. The van der Waals surface area contributed by atoms with Gasteiger partial charge in [-0.05, 0) is 43.4 Å². The molecule has 0 unspecified atom stereocenters. The van der Waals surface area contributed by atoms with Gasteiger partial charge in [0.2, 0.25) is 0 Å². The minimum Gasteiger partial charge on any atom is -0.353 e. The van der Waals surface area contributed by atoms with Gasteiger partial charge < -0.3 is 9.80 Å². The fourth-order valence-electron chi connectivity index (χ4n) is 3.84. The molecular weight excluding hydrogens is 340 g/mol. The van der Waals surface area contributed by atoms with E-state index in [1.165, 1.54) is 24.1 Å². The van der Waals surface area contributed by atoms with Gasteiger partial charge in [-0.3, -0.25) is 0 Å². The first-order valence-corrected chi connectivity index (χ1v) is 9.54. The summed E-state index contributed by atoms with van der Waals surface area (Å²) in [5.74, 6) is 2.73. The van der Waals surface area contributed by atoms with Crippen LogP contribution in [0, 0.1) is 0 Å². The first-order valence-electron chi connectivity index (χ1n) is 9.54. The third-order valence-electron chi connectivity index (χ3n) is 5.36. The molecule has 0 aromatic carbocycles. The highest BCUT2D eigenvalue weighted by molar-refractivity contribution is 5.48. The summed E-state index contributed by atoms with van der Waals surface area (Å²) in [6, 6.07) is 6.12. The SMILES string of the molecule is c1cnn(-c2cc(N3CCN(c4cc5c(nn4)CCCC5)CC3)ncn2)c1. The number of aryl methyl sites for hydroxylation is 2. The Morgan fingerprint density at radius 3 is 2.37 bits per heavy atom. The first kappa shape index (κ1) is 16.2. The van der Waals surface area contributed by atoms with Gasteiger partial charge in [0.1, 0.15) is 12.1 Å². The predicted octanol–water partition coefficient (Wildman–Crippen LogP) is 1.66. The van der Waals surface area contributed by atoms with Crippen LogP contribution >= 0.6 is 0 Å². The van der Waals surface area contributed by atoms with E-state index in [1.807, 2.05) is 18.3 Å². The lowest BCUT2D eigenvalue weighted by Crippen LogP contribution is -2.47. The molecular formula is C19H22N8. The molecule has 0 spiro atoms. The highest BCUT2D eigenvalue weighted by Crippen LogP contribution is 2.24. The second kappa shape index (κ2) is 6.94. The molecule has 4 heterocycles. The van der Waals surface area contributed by atoms with E-state index in [-0.39, 0.29) is 0 Å². The van der Waals surface area contributed by atoms with E-state index in [9.17, 15) is 0 Å². The van der Waals surface area contributed by atoms with Gasteiger partial charge in [0.25, 0.3) is 0 Å². The normalized spacial score (nSPS) is 17.0. The van der Waals surface area contributed by atoms with Crippen LogP contribution in [-0.4, -0.2) is 56.1 Å². The second-order valence-corrected chi connectivity index (χ2v) is 7.04. The summed E-state index contributed by atoms with van der Waals surface area (Å²) in [5.41, 5.74) is 2.57. The van der Waals surface area contributed by atoms with Crippen molar-refractivity contribution in [1.82, 2.24) is 29.9 Å². The number of hydrogen-bond acceptors (Lipinski definition) is 7. The molecule has 8 heteroatoms. The lowest BCUT2D eigenvalue weighted by Gasteiger charge is -2.36. The molecule has 8 nitrogen and oxygen atoms in total. The summed E-state index contributed by atoms with van der Waals surface area (Å²) in [6.45, 7) is 3.62. The molecule has 1 fully saturated rings. The van der Waals surface area contributed by atoms with Gasteiger partial charge in [-0.15, -0.1) is 5.10 Å². The van der Waals surface area contributed by atoms with Crippen LogP contribution in [0.1, 0.15) is 24.1 Å². The van der Waals surface area contributed by atoms with Gasteiger partial charge in [0.15, 0.2) is 11.6 Å². The van der Waals surface area contributed by atoms with Gasteiger partial charge >= 0.3 is 0 Å². The lowest BCUT2D eigenvalue weighted by molar-refractivity contribution is 0.622. The number of fused-ring (bicyclic) bond motifs is 1. The van der Waals surface area contributed by atoms with E-state index in [2.05, 4.69) is 41.1 Å². The van der Waals surface area contributed by atoms with Crippen molar-refractivity contribution >= 4 is 11.6 Å². The summed E-state index contributed by atoms with van der Waals surface area (Å²) in [6.07, 6.45) is 9.95. The molecule has 0 N–H and O–H groups in total. The van der Waals surface area contributed by atoms with Crippen LogP contribution in [-0.2, 0) is 12.8 Å². The van der Waals surface area contributed by atoms with E-state index >= 15 is 0 Å². The molecule has 1 saturated heterocycles. The Morgan fingerprint density at radius 1 is 0.778 bits per heavy atom. The number of anilines is 2. The van der Waals surface area contributed by atoms with Gasteiger partial charge in [-0.25, -0.2) is 14.6 Å². The third kappa shape index (κ3) is 3.22. The molecule has 0 amide bonds. The summed E-state index contributed by atoms with van der Waals surface area (Å²) >= 11 is 0. The van der Waals surface area contributed by atoms with Crippen LogP contribution in [0.4, 0.5) is 11.6 Å². The minimum atomic E-state index is 0.785. The second-order valence-electron chi connectivity index (χ2n) is 7.04. The smallest absolute Gasteiger partial charge is 0.158 e. The van der Waals surface area contributed by atoms with Crippen molar-refractivity contribution in [3.63, 3.8) is 0 Å². The van der Waals surface area contributed by atoms with Crippen LogP contribution in [0.2, 0.25) is 0 Å². The van der Waals surface area contributed by atoms with E-state index in [0.717, 1.165) is 56.5 Å². The number of hydrogen-bond donors (Lipinski definition) is 0. The summed E-state index contributed by atoms with van der Waals surface area (Å²) in [5, 5.41) is 13.2. The summed E-state index contributed by atoms with van der Waals surface area (Å²) < 4.78 is 1.75. The maximum Gasteiger partial charge on any atom is 0.158 e. The molecule has 1 aliphatic carbocycles. The zero-order chi connectivity index (χ0) is 18.1. The zero-order valence-electron chi connectivity index (χ0n) is 15.2. The van der Waals surface area contributed by atoms with Crippen molar-refractivity contribution in [2.75, 3.05) is 36.0 Å². The average molecular weight is 362 g/mol. The Labute approximate surface area is 157 Å². The molecule has 0 saturated carbocycles. The van der Waals surface area contributed by atoms with Crippen molar-refractivity contribution in [3.05, 3.63) is 48.2 Å². The molecule has 0 bridgehead atoms. The highest BCUT2D eigenvalue weighted by Gasteiger charge is 2.21. The van der Waals surface area contributed by atoms with Crippen LogP contribution in [0.25, 0.3) is 5.82 Å². The van der Waals surface area contributed by atoms with Crippen LogP contribution in [0.15, 0.2) is 36.9 Å². The van der Waals surface area contributed by atoms with Gasteiger partial charge in [-0.2, -0.15) is 10.2 Å². The van der Waals surface area contributed by atoms with Crippen molar-refractivity contribution < 1.29 is 0 Å². The third-order valence-corrected chi connectivity index (χ3v) is 5.36. The van der Waals surface area contributed by atoms with Crippen LogP contribution < -0.4 is 9.80 Å². The molecule has 27 heavy (non-hydrogen) atoms. The number of aromatic nitrogens is 6. The van der Waals surface area contributed by atoms with Crippen molar-refractivity contribution in [2.45, 2.75) is 25.7 Å². The monoisotopic (exact) mass is 362 g/mol. The first-order chi connectivity index (χ1) is 13.4. The largest absolute Gasteiger partial charge is 0.353 e. The quantitative estimate of drug-likeness (QED) is 0.701. The number of rotatable bonds is 3. The van der Waals surface area contributed by atoms with E-state index < -0.39 is 0 Å². The number of piperazine rings is 1. The van der Waals surface area contributed by atoms with E-state index in [4.69, 9.17) is 0 Å². The molecule has 138 valence electrons. The Morgan fingerprint density at radius 2 is 1.56 bits per heavy atom. The van der Waals surface area contributed by atoms with Gasteiger partial charge in [0.05, 0.1) is 5.69 Å². The topological polar surface area (TPSA) is 75.9 Å². The Kier molecular flexibility index (Phi) is 4.16. The molecule has 0 radical (unpaired) electrons. The Balaban J connectivity index is 1.29. The number of nitrogens with zero attached hydrogens (tertiary/aromatic N) is 8. The molecule has 3 aromatic rings. The van der Waals surface area contributed by atoms with Crippen LogP contribution in [0.5, 0.6) is 0 Å². The maximum atomic E-state index is 4.48. The minimum absolute atomic E-state index is 0.785. The fraction of sp³-hybridized carbons (Fsp3) is 0.421. The van der Waals surface area contributed by atoms with Crippen molar-refractivity contribution in [3.8, 4) is 5.82 Å². The van der Waals surface area contributed by atoms with E-state index in [0.29, 0.717) is 0 Å². The molecule has 2 aliphatic rings. The Hall–Kier alpha value is -3.03. The van der Waals surface area contributed by atoms with E-state index in [1.54, 1.807) is 17.2 Å². The Bertz CT molecular complexity index is 915. The maximum absolute atomic E-state index is 4.48. The predicted molar refractivity (Wildman–Crippen MR) is 102 cm³/mol. The van der Waals surface area contributed by atoms with Gasteiger partial charge in [0, 0.05) is 44.6 Å². The lowest BCUT2D eigenvalue weighted by atomic mass is 9.97. The average Bonchev–Trinajstić information content (AvgIpc) is 3.29.